The van der Waals surface area contributed by atoms with Gasteiger partial charge in [-0.25, -0.2) is 0 Å². The summed E-state index contributed by atoms with van der Waals surface area (Å²) in [5.41, 5.74) is 6.28. The number of nitrogen functional groups attached to an aromatic ring is 1. The van der Waals surface area contributed by atoms with Crippen LogP contribution in [-0.2, 0) is 11.2 Å². The van der Waals surface area contributed by atoms with Crippen molar-refractivity contribution in [2.24, 2.45) is 0 Å². The molecule has 20 heavy (non-hydrogen) atoms. The molecule has 4 nitrogen and oxygen atoms in total. The molecule has 0 aliphatic carbocycles. The zero-order valence-corrected chi connectivity index (χ0v) is 12.0. The lowest BCUT2D eigenvalue weighted by molar-refractivity contribution is -0.121. The van der Waals surface area contributed by atoms with Crippen LogP contribution in [0.2, 0.25) is 0 Å². The van der Waals surface area contributed by atoms with Crippen LogP contribution in [0.5, 0.6) is 5.75 Å². The molecule has 0 bridgehead atoms. The number of benzene rings is 1. The molecular formula is C15H18N2O2S. The summed E-state index contributed by atoms with van der Waals surface area (Å²) in [6.07, 6.45) is 1.23. The Labute approximate surface area is 122 Å². The van der Waals surface area contributed by atoms with Crippen molar-refractivity contribution in [2.45, 2.75) is 12.8 Å². The molecule has 1 aromatic carbocycles. The minimum absolute atomic E-state index is 0.0111. The van der Waals surface area contributed by atoms with E-state index in [2.05, 4.69) is 11.4 Å². The summed E-state index contributed by atoms with van der Waals surface area (Å²) < 4.78 is 5.47. The van der Waals surface area contributed by atoms with Crippen LogP contribution < -0.4 is 15.8 Å². The van der Waals surface area contributed by atoms with E-state index in [-0.39, 0.29) is 5.91 Å². The first-order valence-electron chi connectivity index (χ1n) is 6.51. The van der Waals surface area contributed by atoms with E-state index >= 15 is 0 Å². The Balaban J connectivity index is 1.59. The molecule has 1 amide bonds. The van der Waals surface area contributed by atoms with Crippen molar-refractivity contribution in [1.82, 2.24) is 5.32 Å². The molecule has 0 aliphatic rings. The zero-order valence-electron chi connectivity index (χ0n) is 11.2. The van der Waals surface area contributed by atoms with Crippen LogP contribution >= 0.6 is 11.3 Å². The topological polar surface area (TPSA) is 64.3 Å². The predicted octanol–water partition coefficient (Wildman–Crippen LogP) is 2.46. The molecule has 3 N–H and O–H groups in total. The van der Waals surface area contributed by atoms with Gasteiger partial charge in [-0.05, 0) is 42.1 Å². The van der Waals surface area contributed by atoms with E-state index in [9.17, 15) is 4.79 Å². The molecule has 1 heterocycles. The molecule has 0 saturated carbocycles. The number of amides is 1. The zero-order chi connectivity index (χ0) is 14.2. The second-order valence-corrected chi connectivity index (χ2v) is 5.38. The number of thiophene rings is 1. The third-order valence-corrected chi connectivity index (χ3v) is 3.69. The first kappa shape index (κ1) is 14.4. The van der Waals surface area contributed by atoms with Crippen molar-refractivity contribution in [2.75, 3.05) is 18.9 Å². The lowest BCUT2D eigenvalue weighted by atomic mass is 10.3. The maximum absolute atomic E-state index is 11.6. The molecule has 5 heteroatoms. The number of anilines is 1. The second kappa shape index (κ2) is 7.55. The van der Waals surface area contributed by atoms with Gasteiger partial charge in [0.05, 0.1) is 13.0 Å². The number of carbonyl (C=O) groups is 1. The van der Waals surface area contributed by atoms with Crippen molar-refractivity contribution in [1.29, 1.82) is 0 Å². The van der Waals surface area contributed by atoms with Gasteiger partial charge in [0.2, 0.25) is 5.91 Å². The van der Waals surface area contributed by atoms with Gasteiger partial charge in [-0.1, -0.05) is 6.07 Å². The summed E-state index contributed by atoms with van der Waals surface area (Å²) in [6, 6.07) is 11.2. The Kier molecular flexibility index (Phi) is 5.43. The van der Waals surface area contributed by atoms with Gasteiger partial charge in [0, 0.05) is 17.1 Å². The Morgan fingerprint density at radius 3 is 2.75 bits per heavy atom. The average Bonchev–Trinajstić information content (AvgIpc) is 2.94. The molecule has 0 atom stereocenters. The van der Waals surface area contributed by atoms with Crippen molar-refractivity contribution in [3.63, 3.8) is 0 Å². The summed E-state index contributed by atoms with van der Waals surface area (Å²) in [7, 11) is 0. The highest BCUT2D eigenvalue weighted by Crippen LogP contribution is 2.13. The van der Waals surface area contributed by atoms with Gasteiger partial charge >= 0.3 is 0 Å². The average molecular weight is 290 g/mol. The van der Waals surface area contributed by atoms with Crippen molar-refractivity contribution < 1.29 is 9.53 Å². The molecule has 2 aromatic rings. The van der Waals surface area contributed by atoms with Crippen LogP contribution in [0.1, 0.15) is 11.3 Å². The van der Waals surface area contributed by atoms with Crippen LogP contribution in [0.15, 0.2) is 41.8 Å². The molecular weight excluding hydrogens is 272 g/mol. The molecule has 0 fully saturated rings. The van der Waals surface area contributed by atoms with Gasteiger partial charge in [0.1, 0.15) is 5.75 Å². The van der Waals surface area contributed by atoms with Gasteiger partial charge in [-0.3, -0.25) is 4.79 Å². The smallest absolute Gasteiger partial charge is 0.223 e. The lowest BCUT2D eigenvalue weighted by Crippen LogP contribution is -2.26. The Morgan fingerprint density at radius 1 is 1.25 bits per heavy atom. The maximum Gasteiger partial charge on any atom is 0.223 e. The Hall–Kier alpha value is -2.01. The van der Waals surface area contributed by atoms with Crippen molar-refractivity contribution in [3.05, 3.63) is 46.7 Å². The first-order valence-corrected chi connectivity index (χ1v) is 7.39. The molecule has 2 rings (SSSR count). The van der Waals surface area contributed by atoms with Crippen LogP contribution in [0.3, 0.4) is 0 Å². The minimum atomic E-state index is 0.0111. The number of hydrogen-bond acceptors (Lipinski definition) is 4. The van der Waals surface area contributed by atoms with Crippen LogP contribution in [0.4, 0.5) is 5.69 Å². The minimum Gasteiger partial charge on any atom is -0.493 e. The fourth-order valence-electron chi connectivity index (χ4n) is 1.69. The monoisotopic (exact) mass is 290 g/mol. The molecule has 0 unspecified atom stereocenters. The van der Waals surface area contributed by atoms with Gasteiger partial charge in [0.15, 0.2) is 0 Å². The van der Waals surface area contributed by atoms with Gasteiger partial charge < -0.3 is 15.8 Å². The second-order valence-electron chi connectivity index (χ2n) is 4.35. The first-order chi connectivity index (χ1) is 9.74. The largest absolute Gasteiger partial charge is 0.493 e. The fourth-order valence-corrected chi connectivity index (χ4v) is 2.40. The molecule has 0 radical (unpaired) electrons. The summed E-state index contributed by atoms with van der Waals surface area (Å²) in [5, 5.41) is 4.92. The highest BCUT2D eigenvalue weighted by Gasteiger charge is 2.02. The Bertz CT molecular complexity index is 523. The quantitative estimate of drug-likeness (QED) is 0.770. The number of ether oxygens (including phenoxy) is 1. The number of nitrogens with one attached hydrogen (secondary N) is 1. The maximum atomic E-state index is 11.6. The van der Waals surface area contributed by atoms with E-state index in [0.717, 1.165) is 12.2 Å². The number of hydrogen-bond donors (Lipinski definition) is 2. The van der Waals surface area contributed by atoms with E-state index in [1.165, 1.54) is 4.88 Å². The van der Waals surface area contributed by atoms with Crippen LogP contribution in [-0.4, -0.2) is 19.1 Å². The molecule has 0 spiro atoms. The van der Waals surface area contributed by atoms with Gasteiger partial charge in [-0.2, -0.15) is 0 Å². The summed E-state index contributed by atoms with van der Waals surface area (Å²) in [5.74, 6) is 0.739. The van der Waals surface area contributed by atoms with Crippen molar-refractivity contribution in [3.8, 4) is 5.75 Å². The normalized spacial score (nSPS) is 10.2. The highest BCUT2D eigenvalue weighted by atomic mass is 32.1. The summed E-state index contributed by atoms with van der Waals surface area (Å²) in [6.45, 7) is 1.04. The fraction of sp³-hybridized carbons (Fsp3) is 0.267. The number of nitrogens with two attached hydrogens (primary N) is 1. The number of rotatable bonds is 7. The third kappa shape index (κ3) is 4.93. The summed E-state index contributed by atoms with van der Waals surface area (Å²) in [4.78, 5) is 12.9. The lowest BCUT2D eigenvalue weighted by Gasteiger charge is -2.07. The highest BCUT2D eigenvalue weighted by molar-refractivity contribution is 7.09. The summed E-state index contributed by atoms with van der Waals surface area (Å²) >= 11 is 1.70. The van der Waals surface area contributed by atoms with E-state index < -0.39 is 0 Å². The molecule has 0 saturated heterocycles. The van der Waals surface area contributed by atoms with Crippen LogP contribution in [0.25, 0.3) is 0 Å². The van der Waals surface area contributed by atoms with Gasteiger partial charge in [0.25, 0.3) is 0 Å². The molecule has 106 valence electrons. The molecule has 0 aliphatic heterocycles. The number of carbonyl (C=O) groups excluding carboxylic acids is 1. The van der Waals surface area contributed by atoms with Crippen molar-refractivity contribution >= 4 is 22.9 Å². The third-order valence-electron chi connectivity index (χ3n) is 2.75. The van der Waals surface area contributed by atoms with Gasteiger partial charge in [-0.15, -0.1) is 11.3 Å². The molecule has 1 aromatic heterocycles. The standard InChI is InChI=1S/C15H18N2O2S/c16-12-3-5-13(6-4-12)19-10-8-15(18)17-9-7-14-2-1-11-20-14/h1-6,11H,7-10,16H2,(H,17,18). The van der Waals surface area contributed by atoms with E-state index in [4.69, 9.17) is 10.5 Å². The predicted molar refractivity (Wildman–Crippen MR) is 82.0 cm³/mol. The SMILES string of the molecule is Nc1ccc(OCCC(=O)NCCc2cccs2)cc1. The van der Waals surface area contributed by atoms with E-state index in [1.54, 1.807) is 35.6 Å². The van der Waals surface area contributed by atoms with E-state index in [1.807, 2.05) is 11.4 Å². The van der Waals surface area contributed by atoms with E-state index in [0.29, 0.717) is 25.3 Å². The Morgan fingerprint density at radius 2 is 2.05 bits per heavy atom. The van der Waals surface area contributed by atoms with Crippen LogP contribution in [0, 0.1) is 0 Å².